The van der Waals surface area contributed by atoms with Crippen LogP contribution in [0, 0.1) is 20.8 Å². The van der Waals surface area contributed by atoms with Gasteiger partial charge in [0.15, 0.2) is 5.82 Å². The molecule has 2 aromatic carbocycles. The molecule has 1 heterocycles. The summed E-state index contributed by atoms with van der Waals surface area (Å²) in [4.78, 5) is 25.7. The first-order chi connectivity index (χ1) is 12.4. The highest BCUT2D eigenvalue weighted by atomic mass is 16.5. The number of anilines is 1. The second-order valence-corrected chi connectivity index (χ2v) is 6.14. The van der Waals surface area contributed by atoms with Crippen molar-refractivity contribution in [3.63, 3.8) is 0 Å². The molecule has 0 spiro atoms. The minimum Gasteiger partial charge on any atom is -0.322 e. The highest BCUT2D eigenvalue weighted by molar-refractivity contribution is 6.02. The maximum absolute atomic E-state index is 12.2. The summed E-state index contributed by atoms with van der Waals surface area (Å²) in [6.45, 7) is 6.13. The van der Waals surface area contributed by atoms with E-state index in [1.165, 1.54) is 17.2 Å². The SMILES string of the molecule is Cc1cc(C)c(/C=C/C(=O)Nc2cccc(-c3noc(=O)[nH]3)c2)cc1C. The van der Waals surface area contributed by atoms with Crippen LogP contribution in [0.25, 0.3) is 17.5 Å². The van der Waals surface area contributed by atoms with E-state index in [2.05, 4.69) is 39.0 Å². The molecule has 0 radical (unpaired) electrons. The predicted molar refractivity (Wildman–Crippen MR) is 101 cm³/mol. The molecule has 0 aliphatic carbocycles. The van der Waals surface area contributed by atoms with Gasteiger partial charge in [-0.3, -0.25) is 14.3 Å². The Hall–Kier alpha value is -3.41. The van der Waals surface area contributed by atoms with Crippen LogP contribution < -0.4 is 11.1 Å². The molecule has 1 aromatic heterocycles. The van der Waals surface area contributed by atoms with Crippen LogP contribution >= 0.6 is 0 Å². The third-order valence-electron chi connectivity index (χ3n) is 4.14. The van der Waals surface area contributed by atoms with E-state index in [-0.39, 0.29) is 5.91 Å². The molecule has 3 aromatic rings. The van der Waals surface area contributed by atoms with Crippen LogP contribution in [-0.4, -0.2) is 16.0 Å². The number of nitrogens with one attached hydrogen (secondary N) is 2. The largest absolute Gasteiger partial charge is 0.439 e. The first-order valence-corrected chi connectivity index (χ1v) is 8.16. The van der Waals surface area contributed by atoms with E-state index in [1.807, 2.05) is 13.8 Å². The average Bonchev–Trinajstić information content (AvgIpc) is 3.04. The zero-order chi connectivity index (χ0) is 18.7. The maximum atomic E-state index is 12.2. The maximum Gasteiger partial charge on any atom is 0.439 e. The van der Waals surface area contributed by atoms with Crippen LogP contribution in [-0.2, 0) is 4.79 Å². The average molecular weight is 349 g/mol. The molecule has 0 unspecified atom stereocenters. The number of amides is 1. The lowest BCUT2D eigenvalue weighted by Gasteiger charge is -2.06. The molecule has 3 rings (SSSR count). The number of rotatable bonds is 4. The van der Waals surface area contributed by atoms with Crippen molar-refractivity contribution in [2.75, 3.05) is 5.32 Å². The Kier molecular flexibility index (Phi) is 4.84. The van der Waals surface area contributed by atoms with Crippen molar-refractivity contribution in [2.24, 2.45) is 0 Å². The summed E-state index contributed by atoms with van der Waals surface area (Å²) >= 11 is 0. The molecule has 0 bridgehead atoms. The molecule has 2 N–H and O–H groups in total. The van der Waals surface area contributed by atoms with Gasteiger partial charge in [0, 0.05) is 17.3 Å². The first kappa shape index (κ1) is 17.4. The fourth-order valence-corrected chi connectivity index (χ4v) is 2.61. The number of hydrogen-bond acceptors (Lipinski definition) is 4. The van der Waals surface area contributed by atoms with Crippen LogP contribution in [0.3, 0.4) is 0 Å². The van der Waals surface area contributed by atoms with Gasteiger partial charge in [0.25, 0.3) is 0 Å². The van der Waals surface area contributed by atoms with E-state index in [9.17, 15) is 9.59 Å². The van der Waals surface area contributed by atoms with E-state index in [1.54, 1.807) is 30.3 Å². The number of hydrogen-bond donors (Lipinski definition) is 2. The fraction of sp³-hybridized carbons (Fsp3) is 0.150. The number of H-pyrrole nitrogens is 1. The Morgan fingerprint density at radius 1 is 1.12 bits per heavy atom. The normalized spacial score (nSPS) is 11.0. The van der Waals surface area contributed by atoms with Crippen molar-refractivity contribution in [1.29, 1.82) is 0 Å². The minimum absolute atomic E-state index is 0.242. The zero-order valence-electron chi connectivity index (χ0n) is 14.8. The molecule has 1 amide bonds. The monoisotopic (exact) mass is 349 g/mol. The Morgan fingerprint density at radius 2 is 1.88 bits per heavy atom. The molecule has 26 heavy (non-hydrogen) atoms. The lowest BCUT2D eigenvalue weighted by Crippen LogP contribution is -2.07. The molecule has 0 saturated carbocycles. The molecule has 0 saturated heterocycles. The Morgan fingerprint density at radius 3 is 2.62 bits per heavy atom. The van der Waals surface area contributed by atoms with Gasteiger partial charge in [-0.1, -0.05) is 29.4 Å². The summed E-state index contributed by atoms with van der Waals surface area (Å²) in [7, 11) is 0. The van der Waals surface area contributed by atoms with Gasteiger partial charge < -0.3 is 5.32 Å². The van der Waals surface area contributed by atoms with Gasteiger partial charge in [0.05, 0.1) is 0 Å². The number of carbonyl (C=O) groups is 1. The van der Waals surface area contributed by atoms with Crippen molar-refractivity contribution < 1.29 is 9.32 Å². The van der Waals surface area contributed by atoms with Gasteiger partial charge in [0.1, 0.15) is 0 Å². The van der Waals surface area contributed by atoms with Crippen LogP contribution in [0.4, 0.5) is 5.69 Å². The quantitative estimate of drug-likeness (QED) is 0.704. The highest BCUT2D eigenvalue weighted by Crippen LogP contribution is 2.19. The van der Waals surface area contributed by atoms with Gasteiger partial charge in [-0.25, -0.2) is 4.79 Å². The zero-order valence-corrected chi connectivity index (χ0v) is 14.8. The first-order valence-electron chi connectivity index (χ1n) is 8.16. The summed E-state index contributed by atoms with van der Waals surface area (Å²) in [5.74, 6) is -0.554. The van der Waals surface area contributed by atoms with Crippen LogP contribution in [0.1, 0.15) is 22.3 Å². The topological polar surface area (TPSA) is 88.0 Å². The van der Waals surface area contributed by atoms with Crippen LogP contribution in [0.15, 0.2) is 51.8 Å². The Labute approximate surface area is 150 Å². The van der Waals surface area contributed by atoms with Crippen LogP contribution in [0.5, 0.6) is 0 Å². The molecule has 6 nitrogen and oxygen atoms in total. The summed E-state index contributed by atoms with van der Waals surface area (Å²) in [6.07, 6.45) is 3.30. The smallest absolute Gasteiger partial charge is 0.322 e. The summed E-state index contributed by atoms with van der Waals surface area (Å²) < 4.78 is 4.50. The van der Waals surface area contributed by atoms with Crippen molar-refractivity contribution in [3.05, 3.63) is 75.3 Å². The molecule has 0 atom stereocenters. The van der Waals surface area contributed by atoms with Gasteiger partial charge >= 0.3 is 5.76 Å². The number of benzene rings is 2. The number of nitrogens with zero attached hydrogens (tertiary/aromatic N) is 1. The minimum atomic E-state index is -0.624. The van der Waals surface area contributed by atoms with E-state index < -0.39 is 5.76 Å². The van der Waals surface area contributed by atoms with Crippen LogP contribution in [0.2, 0.25) is 0 Å². The van der Waals surface area contributed by atoms with E-state index >= 15 is 0 Å². The van der Waals surface area contributed by atoms with Gasteiger partial charge in [-0.05, 0) is 61.2 Å². The summed E-state index contributed by atoms with van der Waals surface area (Å²) in [6, 6.07) is 11.2. The van der Waals surface area contributed by atoms with Crippen molar-refractivity contribution in [1.82, 2.24) is 10.1 Å². The number of carbonyl (C=O) groups excluding carboxylic acids is 1. The highest BCUT2D eigenvalue weighted by Gasteiger charge is 2.06. The fourth-order valence-electron chi connectivity index (χ4n) is 2.61. The lowest BCUT2D eigenvalue weighted by atomic mass is 10.0. The summed E-state index contributed by atoms with van der Waals surface area (Å²) in [5.41, 5.74) is 5.78. The second kappa shape index (κ2) is 7.23. The molecule has 132 valence electrons. The van der Waals surface area contributed by atoms with Gasteiger partial charge in [-0.2, -0.15) is 0 Å². The third-order valence-corrected chi connectivity index (χ3v) is 4.14. The molecule has 6 heteroatoms. The van der Waals surface area contributed by atoms with E-state index in [4.69, 9.17) is 0 Å². The van der Waals surface area contributed by atoms with E-state index in [0.717, 1.165) is 11.1 Å². The third kappa shape index (κ3) is 3.97. The summed E-state index contributed by atoms with van der Waals surface area (Å²) in [5, 5.41) is 6.44. The molecule has 0 fully saturated rings. The second-order valence-electron chi connectivity index (χ2n) is 6.14. The van der Waals surface area contributed by atoms with Crippen molar-refractivity contribution >= 4 is 17.7 Å². The van der Waals surface area contributed by atoms with Gasteiger partial charge in [-0.15, -0.1) is 0 Å². The molecular formula is C20H19N3O3. The van der Waals surface area contributed by atoms with Gasteiger partial charge in [0.2, 0.25) is 5.91 Å². The Balaban J connectivity index is 1.74. The standard InChI is InChI=1S/C20H19N3O3/c1-12-9-14(3)15(10-13(12)2)7-8-18(24)21-17-6-4-5-16(11-17)19-22-20(25)26-23-19/h4-11H,1-3H3,(H,21,24)(H,22,23,25)/b8-7+. The Bertz CT molecular complexity index is 1040. The molecule has 0 aliphatic rings. The van der Waals surface area contributed by atoms with Crippen molar-refractivity contribution in [3.8, 4) is 11.4 Å². The molecule has 0 aliphatic heterocycles. The number of aromatic amines is 1. The number of aryl methyl sites for hydroxylation is 3. The predicted octanol–water partition coefficient (Wildman–Crippen LogP) is 3.61. The van der Waals surface area contributed by atoms with E-state index in [0.29, 0.717) is 17.1 Å². The lowest BCUT2D eigenvalue weighted by molar-refractivity contribution is -0.111. The van der Waals surface area contributed by atoms with Crippen molar-refractivity contribution in [2.45, 2.75) is 20.8 Å². The number of aromatic nitrogens is 2. The molecular weight excluding hydrogens is 330 g/mol.